The van der Waals surface area contributed by atoms with Gasteiger partial charge in [0.15, 0.2) is 0 Å². The Morgan fingerprint density at radius 3 is 1.45 bits per heavy atom. The Morgan fingerprint density at radius 1 is 0.581 bits per heavy atom. The molecule has 0 heterocycles. The first-order chi connectivity index (χ1) is 15.3. The van der Waals surface area contributed by atoms with Crippen molar-refractivity contribution in [3.05, 3.63) is 109 Å². The van der Waals surface area contributed by atoms with Crippen LogP contribution in [0.4, 0.5) is 0 Å². The van der Waals surface area contributed by atoms with Crippen LogP contribution in [-0.2, 0) is 9.53 Å². The van der Waals surface area contributed by atoms with Crippen LogP contribution in [-0.4, -0.2) is 12.1 Å². The molecule has 5 rings (SSSR count). The summed E-state index contributed by atoms with van der Waals surface area (Å²) < 4.78 is 5.71. The lowest BCUT2D eigenvalue weighted by atomic mass is 9.70. The molecule has 3 aromatic carbocycles. The van der Waals surface area contributed by atoms with E-state index >= 15 is 0 Å². The zero-order valence-corrected chi connectivity index (χ0v) is 18.3. The first-order valence-corrected chi connectivity index (χ1v) is 11.6. The maximum Gasteiger partial charge on any atom is 0.309 e. The zero-order valence-electron chi connectivity index (χ0n) is 18.3. The summed E-state index contributed by atoms with van der Waals surface area (Å²) in [7, 11) is 0. The second kappa shape index (κ2) is 13.4. The lowest BCUT2D eigenvalue weighted by Crippen LogP contribution is -2.35. The van der Waals surface area contributed by atoms with Crippen LogP contribution >= 0.6 is 0 Å². The average Bonchev–Trinajstić information content (AvgIpc) is 2.83. The third kappa shape index (κ3) is 8.05. The molecule has 2 heteroatoms. The predicted molar refractivity (Wildman–Crippen MR) is 128 cm³/mol. The summed E-state index contributed by atoms with van der Waals surface area (Å²) in [6, 6.07) is 34.4. The van der Waals surface area contributed by atoms with Gasteiger partial charge in [0.25, 0.3) is 0 Å². The normalized spacial score (nSPS) is 20.0. The highest BCUT2D eigenvalue weighted by Crippen LogP contribution is 2.43. The molecule has 0 N–H and O–H groups in total. The topological polar surface area (TPSA) is 26.3 Å². The third-order valence-electron chi connectivity index (χ3n) is 5.97. The van der Waals surface area contributed by atoms with Crippen molar-refractivity contribution in [1.82, 2.24) is 0 Å². The molecule has 2 nitrogen and oxygen atoms in total. The molecular formula is C29H34O2. The van der Waals surface area contributed by atoms with Crippen LogP contribution in [0.2, 0.25) is 0 Å². The van der Waals surface area contributed by atoms with E-state index in [4.69, 9.17) is 4.74 Å². The van der Waals surface area contributed by atoms with Gasteiger partial charge in [-0.25, -0.2) is 0 Å². The van der Waals surface area contributed by atoms with Crippen molar-refractivity contribution in [1.29, 1.82) is 0 Å². The van der Waals surface area contributed by atoms with Gasteiger partial charge in [0, 0.05) is 0 Å². The van der Waals surface area contributed by atoms with Gasteiger partial charge in [-0.1, -0.05) is 110 Å². The number of ether oxygens (including phenoxy) is 1. The van der Waals surface area contributed by atoms with Gasteiger partial charge >= 0.3 is 5.97 Å². The summed E-state index contributed by atoms with van der Waals surface area (Å²) in [6.07, 6.45) is 8.15. The van der Waals surface area contributed by atoms with Crippen LogP contribution in [0.5, 0.6) is 0 Å². The average molecular weight is 415 g/mol. The van der Waals surface area contributed by atoms with Crippen LogP contribution < -0.4 is 0 Å². The van der Waals surface area contributed by atoms with Gasteiger partial charge in [-0.2, -0.15) is 0 Å². The SMILES string of the molecule is O=C(OC1CCCCC1)[C@@H]1CC[C@@H]1c1ccccc1.c1ccccc1.c1ccccc1. The minimum atomic E-state index is 0.0482. The molecule has 31 heavy (non-hydrogen) atoms. The smallest absolute Gasteiger partial charge is 0.309 e. The largest absolute Gasteiger partial charge is 0.462 e. The van der Waals surface area contributed by atoms with Crippen LogP contribution in [0.1, 0.15) is 56.4 Å². The van der Waals surface area contributed by atoms with Crippen LogP contribution in [0.3, 0.4) is 0 Å². The van der Waals surface area contributed by atoms with Crippen LogP contribution in [0.15, 0.2) is 103 Å². The number of hydrogen-bond donors (Lipinski definition) is 0. The quantitative estimate of drug-likeness (QED) is 0.417. The molecule has 3 aromatic rings. The molecule has 0 unspecified atom stereocenters. The summed E-state index contributed by atoms with van der Waals surface area (Å²) in [5.41, 5.74) is 1.29. The highest BCUT2D eigenvalue weighted by Gasteiger charge is 2.39. The minimum absolute atomic E-state index is 0.0482. The Labute approximate surface area is 187 Å². The van der Waals surface area contributed by atoms with E-state index in [0.29, 0.717) is 5.92 Å². The number of rotatable bonds is 3. The van der Waals surface area contributed by atoms with E-state index in [2.05, 4.69) is 24.3 Å². The molecule has 0 radical (unpaired) electrons. The molecule has 0 spiro atoms. The summed E-state index contributed by atoms with van der Waals surface area (Å²) in [5, 5.41) is 0. The Morgan fingerprint density at radius 2 is 1.03 bits per heavy atom. The number of carbonyl (C=O) groups excluding carboxylic acids is 1. The zero-order chi connectivity index (χ0) is 21.6. The van der Waals surface area contributed by atoms with Gasteiger partial charge in [-0.3, -0.25) is 4.79 Å². The molecule has 2 atom stereocenters. The van der Waals surface area contributed by atoms with Crippen molar-refractivity contribution in [2.45, 2.75) is 57.0 Å². The molecule has 0 aromatic heterocycles. The molecule has 2 aliphatic carbocycles. The fraction of sp³-hybridized carbons (Fsp3) is 0.345. The molecule has 2 fully saturated rings. The molecule has 2 aliphatic rings. The minimum Gasteiger partial charge on any atom is -0.462 e. The molecule has 0 aliphatic heterocycles. The van der Waals surface area contributed by atoms with Gasteiger partial charge in [-0.15, -0.1) is 0 Å². The van der Waals surface area contributed by atoms with E-state index in [1.807, 2.05) is 78.9 Å². The highest BCUT2D eigenvalue weighted by atomic mass is 16.5. The monoisotopic (exact) mass is 414 g/mol. The van der Waals surface area contributed by atoms with Crippen molar-refractivity contribution >= 4 is 5.97 Å². The summed E-state index contributed by atoms with van der Waals surface area (Å²) >= 11 is 0. The maximum atomic E-state index is 12.3. The van der Waals surface area contributed by atoms with E-state index in [-0.39, 0.29) is 18.0 Å². The number of esters is 1. The molecule has 162 valence electrons. The van der Waals surface area contributed by atoms with Crippen molar-refractivity contribution in [2.75, 3.05) is 0 Å². The molecule has 0 amide bonds. The van der Waals surface area contributed by atoms with Crippen molar-refractivity contribution < 1.29 is 9.53 Å². The fourth-order valence-electron chi connectivity index (χ4n) is 4.09. The Hall–Kier alpha value is -2.87. The Balaban J connectivity index is 0.000000184. The number of carbonyl (C=O) groups is 1. The summed E-state index contributed by atoms with van der Waals surface area (Å²) in [6.45, 7) is 0. The van der Waals surface area contributed by atoms with Gasteiger partial charge in [0.05, 0.1) is 5.92 Å². The van der Waals surface area contributed by atoms with Gasteiger partial charge in [0.2, 0.25) is 0 Å². The second-order valence-electron chi connectivity index (χ2n) is 8.21. The van der Waals surface area contributed by atoms with E-state index in [0.717, 1.165) is 25.7 Å². The Kier molecular flexibility index (Phi) is 9.89. The third-order valence-corrected chi connectivity index (χ3v) is 5.97. The molecule has 0 bridgehead atoms. The second-order valence-corrected chi connectivity index (χ2v) is 8.21. The standard InChI is InChI=1S/C17H22O2.2C6H6/c18-17(19-14-9-5-2-6-10-14)16-12-11-15(16)13-7-3-1-4-8-13;2*1-2-4-6-5-3-1/h1,3-4,7-8,14-16H,2,5-6,9-12H2;2*1-6H/t15-,16-;;/m1../s1. The summed E-state index contributed by atoms with van der Waals surface area (Å²) in [5.74, 6) is 0.536. The summed E-state index contributed by atoms with van der Waals surface area (Å²) in [4.78, 5) is 12.3. The number of benzene rings is 3. The Bertz CT molecular complexity index is 741. The van der Waals surface area contributed by atoms with Gasteiger partial charge < -0.3 is 4.74 Å². The maximum absolute atomic E-state index is 12.3. The van der Waals surface area contributed by atoms with Gasteiger partial charge in [0.1, 0.15) is 6.10 Å². The molecular weight excluding hydrogens is 380 g/mol. The van der Waals surface area contributed by atoms with Gasteiger partial charge in [-0.05, 0) is 50.0 Å². The fourth-order valence-corrected chi connectivity index (χ4v) is 4.09. The van der Waals surface area contributed by atoms with E-state index < -0.39 is 0 Å². The van der Waals surface area contributed by atoms with Crippen molar-refractivity contribution in [3.8, 4) is 0 Å². The predicted octanol–water partition coefficient (Wildman–Crippen LogP) is 7.43. The van der Waals surface area contributed by atoms with E-state index in [9.17, 15) is 4.79 Å². The highest BCUT2D eigenvalue weighted by molar-refractivity contribution is 5.75. The van der Waals surface area contributed by atoms with Crippen LogP contribution in [0, 0.1) is 5.92 Å². The first kappa shape index (κ1) is 22.8. The lowest BCUT2D eigenvalue weighted by Gasteiger charge is -2.36. The van der Waals surface area contributed by atoms with Crippen LogP contribution in [0.25, 0.3) is 0 Å². The van der Waals surface area contributed by atoms with Crippen molar-refractivity contribution in [3.63, 3.8) is 0 Å². The molecule has 0 saturated heterocycles. The lowest BCUT2D eigenvalue weighted by molar-refractivity contribution is -0.159. The molecule has 2 saturated carbocycles. The van der Waals surface area contributed by atoms with E-state index in [1.54, 1.807) is 0 Å². The first-order valence-electron chi connectivity index (χ1n) is 11.6. The van der Waals surface area contributed by atoms with E-state index in [1.165, 1.54) is 24.8 Å². The van der Waals surface area contributed by atoms with Crippen molar-refractivity contribution in [2.24, 2.45) is 5.92 Å². The number of hydrogen-bond acceptors (Lipinski definition) is 2.